The summed E-state index contributed by atoms with van der Waals surface area (Å²) in [6.45, 7) is 0.573. The molecule has 6 nitrogen and oxygen atoms in total. The van der Waals surface area contributed by atoms with E-state index in [0.717, 1.165) is 11.1 Å². The van der Waals surface area contributed by atoms with Gasteiger partial charge in [0.25, 0.3) is 5.91 Å². The van der Waals surface area contributed by atoms with Crippen LogP contribution < -0.4 is 10.1 Å². The van der Waals surface area contributed by atoms with Crippen molar-refractivity contribution in [3.63, 3.8) is 0 Å². The number of hydrogen-bond acceptors (Lipinski definition) is 4. The molecule has 3 aromatic carbocycles. The fourth-order valence-electron chi connectivity index (χ4n) is 3.46. The number of rotatable bonds is 7. The van der Waals surface area contributed by atoms with E-state index in [9.17, 15) is 10.1 Å². The van der Waals surface area contributed by atoms with E-state index < -0.39 is 5.91 Å². The van der Waals surface area contributed by atoms with Gasteiger partial charge in [-0.05, 0) is 23.8 Å². The first-order chi connectivity index (χ1) is 16.2. The van der Waals surface area contributed by atoms with Crippen LogP contribution in [0.15, 0.2) is 96.7 Å². The van der Waals surface area contributed by atoms with Crippen molar-refractivity contribution >= 4 is 17.7 Å². The van der Waals surface area contributed by atoms with E-state index in [0.29, 0.717) is 29.2 Å². The second kappa shape index (κ2) is 10.1. The lowest BCUT2D eigenvalue weighted by Crippen LogP contribution is -2.14. The highest BCUT2D eigenvalue weighted by atomic mass is 16.5. The van der Waals surface area contributed by atoms with Crippen LogP contribution in [0, 0.1) is 11.3 Å². The lowest BCUT2D eigenvalue weighted by atomic mass is 10.1. The number of ether oxygens (including phenoxy) is 1. The molecule has 4 rings (SSSR count). The minimum absolute atomic E-state index is 0.0302. The molecular formula is C27H22N4O2. The summed E-state index contributed by atoms with van der Waals surface area (Å²) in [4.78, 5) is 12.9. The SMILES string of the molecule is COc1ccccc1NC(=O)/C(C#N)=C/c1cn(Cc2ccccc2)nc1-c1ccccc1. The van der Waals surface area contributed by atoms with E-state index in [1.807, 2.05) is 83.7 Å². The average Bonchev–Trinajstić information content (AvgIpc) is 3.26. The molecule has 0 unspecified atom stereocenters. The normalized spacial score (nSPS) is 11.0. The van der Waals surface area contributed by atoms with Gasteiger partial charge >= 0.3 is 0 Å². The van der Waals surface area contributed by atoms with Crippen LogP contribution in [0.1, 0.15) is 11.1 Å². The van der Waals surface area contributed by atoms with E-state index in [-0.39, 0.29) is 5.57 Å². The number of carbonyl (C=O) groups is 1. The molecule has 0 aliphatic heterocycles. The van der Waals surface area contributed by atoms with Gasteiger partial charge in [-0.15, -0.1) is 0 Å². The molecule has 1 amide bonds. The number of nitrogens with one attached hydrogen (secondary N) is 1. The predicted octanol–water partition coefficient (Wildman–Crippen LogP) is 5.15. The average molecular weight is 434 g/mol. The Labute approximate surface area is 192 Å². The van der Waals surface area contributed by atoms with Gasteiger partial charge in [-0.3, -0.25) is 9.48 Å². The summed E-state index contributed by atoms with van der Waals surface area (Å²) >= 11 is 0. The molecule has 0 atom stereocenters. The fraction of sp³-hybridized carbons (Fsp3) is 0.0741. The van der Waals surface area contributed by atoms with Gasteiger partial charge in [0.15, 0.2) is 0 Å². The largest absolute Gasteiger partial charge is 0.495 e. The summed E-state index contributed by atoms with van der Waals surface area (Å²) in [6.07, 6.45) is 3.42. The minimum atomic E-state index is -0.517. The second-order valence-corrected chi connectivity index (χ2v) is 7.31. The van der Waals surface area contributed by atoms with E-state index in [1.165, 1.54) is 7.11 Å². The Bertz CT molecular complexity index is 1320. The molecule has 0 saturated heterocycles. The number of para-hydroxylation sites is 2. The minimum Gasteiger partial charge on any atom is -0.495 e. The Morgan fingerprint density at radius 3 is 2.39 bits per heavy atom. The summed E-state index contributed by atoms with van der Waals surface area (Å²) in [6, 6.07) is 28.8. The lowest BCUT2D eigenvalue weighted by molar-refractivity contribution is -0.112. The monoisotopic (exact) mass is 434 g/mol. The fourth-order valence-corrected chi connectivity index (χ4v) is 3.46. The Morgan fingerprint density at radius 1 is 1.03 bits per heavy atom. The first kappa shape index (κ1) is 21.6. The molecule has 0 radical (unpaired) electrons. The van der Waals surface area contributed by atoms with Crippen LogP contribution >= 0.6 is 0 Å². The molecule has 0 bridgehead atoms. The lowest BCUT2D eigenvalue weighted by Gasteiger charge is -2.09. The highest BCUT2D eigenvalue weighted by Gasteiger charge is 2.16. The number of aromatic nitrogens is 2. The quantitative estimate of drug-likeness (QED) is 0.322. The number of methoxy groups -OCH3 is 1. The van der Waals surface area contributed by atoms with Crippen LogP contribution in [0.3, 0.4) is 0 Å². The van der Waals surface area contributed by atoms with Crippen molar-refractivity contribution in [3.8, 4) is 23.1 Å². The molecular weight excluding hydrogens is 412 g/mol. The molecule has 33 heavy (non-hydrogen) atoms. The van der Waals surface area contributed by atoms with Gasteiger partial charge in [-0.25, -0.2) is 0 Å². The van der Waals surface area contributed by atoms with Crippen molar-refractivity contribution in [2.24, 2.45) is 0 Å². The number of hydrogen-bond donors (Lipinski definition) is 1. The first-order valence-corrected chi connectivity index (χ1v) is 10.4. The maximum Gasteiger partial charge on any atom is 0.266 e. The van der Waals surface area contributed by atoms with Gasteiger partial charge in [-0.1, -0.05) is 72.8 Å². The van der Waals surface area contributed by atoms with Crippen molar-refractivity contribution < 1.29 is 9.53 Å². The van der Waals surface area contributed by atoms with Crippen LogP contribution in [0.5, 0.6) is 5.75 Å². The molecule has 0 saturated carbocycles. The van der Waals surface area contributed by atoms with Crippen molar-refractivity contribution in [1.82, 2.24) is 9.78 Å². The van der Waals surface area contributed by atoms with Gasteiger partial charge < -0.3 is 10.1 Å². The summed E-state index contributed by atoms with van der Waals surface area (Å²) in [5.74, 6) is 0.000570. The van der Waals surface area contributed by atoms with Crippen LogP contribution in [-0.4, -0.2) is 22.8 Å². The highest BCUT2D eigenvalue weighted by Crippen LogP contribution is 2.26. The van der Waals surface area contributed by atoms with E-state index in [4.69, 9.17) is 9.84 Å². The molecule has 0 aliphatic carbocycles. The number of anilines is 1. The highest BCUT2D eigenvalue weighted by molar-refractivity contribution is 6.10. The number of amides is 1. The van der Waals surface area contributed by atoms with Crippen molar-refractivity contribution in [2.45, 2.75) is 6.54 Å². The molecule has 1 heterocycles. The zero-order valence-corrected chi connectivity index (χ0v) is 18.1. The molecule has 1 N–H and O–H groups in total. The van der Waals surface area contributed by atoms with Crippen LogP contribution in [0.2, 0.25) is 0 Å². The third-order valence-electron chi connectivity index (χ3n) is 5.04. The number of nitriles is 1. The summed E-state index contributed by atoms with van der Waals surface area (Å²) < 4.78 is 7.10. The zero-order valence-electron chi connectivity index (χ0n) is 18.1. The Kier molecular flexibility index (Phi) is 6.62. The van der Waals surface area contributed by atoms with Crippen LogP contribution in [0.25, 0.3) is 17.3 Å². The Hall–Kier alpha value is -4.63. The third kappa shape index (κ3) is 5.17. The van der Waals surface area contributed by atoms with E-state index in [1.54, 1.807) is 24.3 Å². The predicted molar refractivity (Wildman–Crippen MR) is 128 cm³/mol. The van der Waals surface area contributed by atoms with E-state index in [2.05, 4.69) is 5.32 Å². The third-order valence-corrected chi connectivity index (χ3v) is 5.04. The topological polar surface area (TPSA) is 79.9 Å². The van der Waals surface area contributed by atoms with Gasteiger partial charge in [0.2, 0.25) is 0 Å². The number of benzene rings is 3. The molecule has 0 fully saturated rings. The van der Waals surface area contributed by atoms with Gasteiger partial charge in [0.1, 0.15) is 17.4 Å². The number of nitrogens with zero attached hydrogens (tertiary/aromatic N) is 3. The first-order valence-electron chi connectivity index (χ1n) is 10.4. The van der Waals surface area contributed by atoms with Crippen molar-refractivity contribution in [1.29, 1.82) is 5.26 Å². The molecule has 0 spiro atoms. The standard InChI is InChI=1S/C27H22N4O2/c1-33-25-15-9-8-14-24(25)29-27(32)22(17-28)16-23-19-31(18-20-10-4-2-5-11-20)30-26(23)21-12-6-3-7-13-21/h2-16,19H,18H2,1H3,(H,29,32)/b22-16+. The maximum absolute atomic E-state index is 12.9. The molecule has 162 valence electrons. The van der Waals surface area contributed by atoms with Crippen LogP contribution in [0.4, 0.5) is 5.69 Å². The Balaban J connectivity index is 1.69. The van der Waals surface area contributed by atoms with Gasteiger partial charge in [0, 0.05) is 17.3 Å². The van der Waals surface area contributed by atoms with Crippen molar-refractivity contribution in [3.05, 3.63) is 108 Å². The van der Waals surface area contributed by atoms with Crippen LogP contribution in [-0.2, 0) is 11.3 Å². The van der Waals surface area contributed by atoms with Gasteiger partial charge in [-0.2, -0.15) is 10.4 Å². The summed E-state index contributed by atoms with van der Waals surface area (Å²) in [5, 5.41) is 17.2. The molecule has 1 aromatic heterocycles. The maximum atomic E-state index is 12.9. The van der Waals surface area contributed by atoms with Gasteiger partial charge in [0.05, 0.1) is 25.0 Å². The summed E-state index contributed by atoms with van der Waals surface area (Å²) in [5.41, 5.74) is 3.85. The zero-order chi connectivity index (χ0) is 23.0. The second-order valence-electron chi connectivity index (χ2n) is 7.31. The molecule has 6 heteroatoms. The molecule has 4 aromatic rings. The number of carbonyl (C=O) groups excluding carboxylic acids is 1. The molecule has 0 aliphatic rings. The Morgan fingerprint density at radius 2 is 1.70 bits per heavy atom. The summed E-state index contributed by atoms with van der Waals surface area (Å²) in [7, 11) is 1.53. The smallest absolute Gasteiger partial charge is 0.266 e. The van der Waals surface area contributed by atoms with E-state index >= 15 is 0 Å². The van der Waals surface area contributed by atoms with Crippen molar-refractivity contribution in [2.75, 3.05) is 12.4 Å².